The molecule has 0 spiro atoms. The van der Waals surface area contributed by atoms with Crippen molar-refractivity contribution in [3.05, 3.63) is 59.0 Å². The van der Waals surface area contributed by atoms with Gasteiger partial charge in [0, 0.05) is 11.3 Å². The van der Waals surface area contributed by atoms with Gasteiger partial charge in [-0.2, -0.15) is 5.10 Å². The molecule has 130 valence electrons. The molecule has 0 bridgehead atoms. The van der Waals surface area contributed by atoms with Crippen LogP contribution in [0, 0.1) is 5.82 Å². The number of fused-ring (bicyclic) bond motifs is 1. The van der Waals surface area contributed by atoms with Gasteiger partial charge in [-0.15, -0.1) is 0 Å². The van der Waals surface area contributed by atoms with Crippen LogP contribution in [0.4, 0.5) is 4.39 Å². The van der Waals surface area contributed by atoms with Gasteiger partial charge in [0.2, 0.25) is 0 Å². The summed E-state index contributed by atoms with van der Waals surface area (Å²) < 4.78 is 15.1. The number of hydrogen-bond acceptors (Lipinski definition) is 2. The van der Waals surface area contributed by atoms with Crippen LogP contribution in [0.25, 0.3) is 16.8 Å². The summed E-state index contributed by atoms with van der Waals surface area (Å²) in [5.74, 6) is -1.14. The van der Waals surface area contributed by atoms with Gasteiger partial charge in [-0.1, -0.05) is 27.7 Å². The van der Waals surface area contributed by atoms with Gasteiger partial charge < -0.3 is 5.11 Å². The van der Waals surface area contributed by atoms with E-state index in [4.69, 9.17) is 0 Å². The first-order valence-electron chi connectivity index (χ1n) is 8.36. The molecule has 0 amide bonds. The number of carboxylic acid groups (broad SMARTS) is 1. The summed E-state index contributed by atoms with van der Waals surface area (Å²) >= 11 is 0. The molecule has 0 fully saturated rings. The van der Waals surface area contributed by atoms with Crippen LogP contribution in [0.15, 0.2) is 36.4 Å². The predicted octanol–water partition coefficient (Wildman–Crippen LogP) is 5.09. The fourth-order valence-corrected chi connectivity index (χ4v) is 3.21. The molecule has 0 unspecified atom stereocenters. The van der Waals surface area contributed by atoms with E-state index in [-0.39, 0.29) is 23.2 Å². The maximum absolute atomic E-state index is 13.3. The normalized spacial score (nSPS) is 11.6. The van der Waals surface area contributed by atoms with E-state index in [9.17, 15) is 14.3 Å². The average molecular weight is 340 g/mol. The minimum atomic E-state index is -1.02. The van der Waals surface area contributed by atoms with Crippen LogP contribution in [0.1, 0.15) is 61.1 Å². The van der Waals surface area contributed by atoms with Gasteiger partial charge in [0.15, 0.2) is 0 Å². The van der Waals surface area contributed by atoms with Crippen LogP contribution >= 0.6 is 0 Å². The number of carbonyl (C=O) groups is 1. The van der Waals surface area contributed by atoms with Gasteiger partial charge in [-0.05, 0) is 53.8 Å². The van der Waals surface area contributed by atoms with Crippen LogP contribution < -0.4 is 0 Å². The molecule has 3 rings (SSSR count). The highest BCUT2D eigenvalue weighted by molar-refractivity contribution is 5.98. The standard InChI is InChI=1S/C20H21FN2O2/c1-11(2)15-9-10-16-17(12(3)4)18(20(24)25)19(22-23(15)16)13-5-7-14(21)8-6-13/h5-12H,1-4H3,(H,24,25). The lowest BCUT2D eigenvalue weighted by atomic mass is 9.93. The van der Waals surface area contributed by atoms with Gasteiger partial charge in [0.05, 0.1) is 11.1 Å². The van der Waals surface area contributed by atoms with Crippen LogP contribution in [-0.2, 0) is 0 Å². The molecule has 0 aliphatic heterocycles. The molecule has 0 saturated heterocycles. The molecule has 2 heterocycles. The lowest BCUT2D eigenvalue weighted by molar-refractivity contribution is 0.0695. The zero-order chi connectivity index (χ0) is 18.3. The van der Waals surface area contributed by atoms with Crippen molar-refractivity contribution in [2.24, 2.45) is 0 Å². The van der Waals surface area contributed by atoms with Crippen LogP contribution in [0.3, 0.4) is 0 Å². The van der Waals surface area contributed by atoms with Crippen molar-refractivity contribution in [3.63, 3.8) is 0 Å². The number of aromatic nitrogens is 2. The van der Waals surface area contributed by atoms with E-state index in [0.29, 0.717) is 11.3 Å². The Labute approximate surface area is 145 Å². The van der Waals surface area contributed by atoms with E-state index in [2.05, 4.69) is 18.9 Å². The van der Waals surface area contributed by atoms with Crippen molar-refractivity contribution in [3.8, 4) is 11.3 Å². The van der Waals surface area contributed by atoms with Crippen molar-refractivity contribution in [1.29, 1.82) is 0 Å². The number of rotatable bonds is 4. The molecule has 1 N–H and O–H groups in total. The SMILES string of the molecule is CC(C)c1c(C(=O)O)c(-c2ccc(F)cc2)nn2c(C(C)C)ccc12. The molecular formula is C20H21FN2O2. The highest BCUT2D eigenvalue weighted by Gasteiger charge is 2.25. The summed E-state index contributed by atoms with van der Waals surface area (Å²) in [6.45, 7) is 8.08. The molecule has 1 aromatic carbocycles. The van der Waals surface area contributed by atoms with Crippen LogP contribution in [0.5, 0.6) is 0 Å². The number of benzene rings is 1. The second-order valence-electron chi connectivity index (χ2n) is 6.81. The summed E-state index contributed by atoms with van der Waals surface area (Å²) in [4.78, 5) is 12.0. The van der Waals surface area contributed by atoms with E-state index < -0.39 is 5.97 Å². The van der Waals surface area contributed by atoms with Crippen LogP contribution in [0.2, 0.25) is 0 Å². The van der Waals surface area contributed by atoms with E-state index in [1.165, 1.54) is 12.1 Å². The highest BCUT2D eigenvalue weighted by atomic mass is 19.1. The smallest absolute Gasteiger partial charge is 0.338 e. The van der Waals surface area contributed by atoms with E-state index in [1.807, 2.05) is 30.5 Å². The largest absolute Gasteiger partial charge is 0.478 e. The van der Waals surface area contributed by atoms with E-state index in [0.717, 1.165) is 16.8 Å². The Kier molecular flexibility index (Phi) is 4.33. The molecule has 25 heavy (non-hydrogen) atoms. The fourth-order valence-electron chi connectivity index (χ4n) is 3.21. The summed E-state index contributed by atoms with van der Waals surface area (Å²) in [5, 5.41) is 14.5. The summed E-state index contributed by atoms with van der Waals surface area (Å²) in [6, 6.07) is 9.69. The predicted molar refractivity (Wildman–Crippen MR) is 95.7 cm³/mol. The van der Waals surface area contributed by atoms with Crippen molar-refractivity contribution < 1.29 is 14.3 Å². The maximum atomic E-state index is 13.3. The average Bonchev–Trinajstić information content (AvgIpc) is 2.97. The van der Waals surface area contributed by atoms with Gasteiger partial charge >= 0.3 is 5.97 Å². The first-order chi connectivity index (χ1) is 11.8. The number of carboxylic acids is 1. The Bertz CT molecular complexity index is 940. The molecule has 0 radical (unpaired) electrons. The third-order valence-electron chi connectivity index (χ3n) is 4.37. The highest BCUT2D eigenvalue weighted by Crippen LogP contribution is 2.34. The Morgan fingerprint density at radius 2 is 1.68 bits per heavy atom. The van der Waals surface area contributed by atoms with Gasteiger partial charge in [-0.25, -0.2) is 13.7 Å². The number of hydrogen-bond donors (Lipinski definition) is 1. The minimum absolute atomic E-state index is 0.00529. The number of halogens is 1. The summed E-state index contributed by atoms with van der Waals surface area (Å²) in [5.41, 5.74) is 3.70. The van der Waals surface area contributed by atoms with E-state index >= 15 is 0 Å². The Balaban J connectivity index is 2.45. The quantitative estimate of drug-likeness (QED) is 0.720. The van der Waals surface area contributed by atoms with Gasteiger partial charge in [0.1, 0.15) is 11.5 Å². The monoisotopic (exact) mass is 340 g/mol. The second kappa shape index (κ2) is 6.31. The first-order valence-corrected chi connectivity index (χ1v) is 8.36. The zero-order valence-corrected chi connectivity index (χ0v) is 14.7. The molecule has 0 saturated carbocycles. The third kappa shape index (κ3) is 2.90. The molecule has 0 aliphatic rings. The van der Waals surface area contributed by atoms with Gasteiger partial charge in [-0.3, -0.25) is 0 Å². The molecule has 2 aromatic heterocycles. The number of aromatic carboxylic acids is 1. The summed E-state index contributed by atoms with van der Waals surface area (Å²) in [6.07, 6.45) is 0. The van der Waals surface area contributed by atoms with Crippen molar-refractivity contribution >= 4 is 11.5 Å². The fraction of sp³-hybridized carbons (Fsp3) is 0.300. The van der Waals surface area contributed by atoms with Crippen molar-refractivity contribution in [2.45, 2.75) is 39.5 Å². The van der Waals surface area contributed by atoms with Crippen molar-refractivity contribution in [2.75, 3.05) is 0 Å². The second-order valence-corrected chi connectivity index (χ2v) is 6.81. The Hall–Kier alpha value is -2.69. The molecule has 0 atom stereocenters. The van der Waals surface area contributed by atoms with Gasteiger partial charge in [0.25, 0.3) is 0 Å². The Morgan fingerprint density at radius 3 is 2.20 bits per heavy atom. The third-order valence-corrected chi connectivity index (χ3v) is 4.37. The zero-order valence-electron chi connectivity index (χ0n) is 14.7. The topological polar surface area (TPSA) is 54.6 Å². The molecule has 0 aliphatic carbocycles. The minimum Gasteiger partial charge on any atom is -0.478 e. The molecule has 5 heteroatoms. The van der Waals surface area contributed by atoms with E-state index in [1.54, 1.807) is 12.1 Å². The molecule has 4 nitrogen and oxygen atoms in total. The summed E-state index contributed by atoms with van der Waals surface area (Å²) in [7, 11) is 0. The molecule has 3 aromatic rings. The lowest BCUT2D eigenvalue weighted by Crippen LogP contribution is -2.13. The lowest BCUT2D eigenvalue weighted by Gasteiger charge is -2.17. The molecular weight excluding hydrogens is 319 g/mol. The number of nitrogens with zero attached hydrogens (tertiary/aromatic N) is 2. The Morgan fingerprint density at radius 1 is 1.04 bits per heavy atom. The first kappa shape index (κ1) is 17.1. The maximum Gasteiger partial charge on any atom is 0.338 e. The van der Waals surface area contributed by atoms with Crippen molar-refractivity contribution in [1.82, 2.24) is 9.61 Å². The van der Waals surface area contributed by atoms with Crippen LogP contribution in [-0.4, -0.2) is 20.7 Å².